The largest absolute Gasteiger partial charge is 0.444 e. The van der Waals surface area contributed by atoms with Crippen LogP contribution in [-0.2, 0) is 4.74 Å². The zero-order chi connectivity index (χ0) is 19.8. The zero-order valence-corrected chi connectivity index (χ0v) is 16.6. The molecule has 0 bridgehead atoms. The SMILES string of the molecule is CC1CN(c2cccc3ncc(C#N)cc23)CC(C)N1C(=O)OC(C)(C)C. The predicted molar refractivity (Wildman–Crippen MR) is 106 cm³/mol. The number of amides is 1. The van der Waals surface area contributed by atoms with Gasteiger partial charge in [0, 0.05) is 30.4 Å². The van der Waals surface area contributed by atoms with Crippen LogP contribution < -0.4 is 4.90 Å². The lowest BCUT2D eigenvalue weighted by atomic mass is 10.0. The highest BCUT2D eigenvalue weighted by atomic mass is 16.6. The summed E-state index contributed by atoms with van der Waals surface area (Å²) in [5, 5.41) is 10.2. The molecule has 0 aliphatic carbocycles. The van der Waals surface area contributed by atoms with Gasteiger partial charge in [-0.05, 0) is 52.8 Å². The van der Waals surface area contributed by atoms with E-state index in [9.17, 15) is 10.1 Å². The second kappa shape index (κ2) is 7.07. The average molecular weight is 366 g/mol. The molecule has 3 rings (SSSR count). The maximum Gasteiger partial charge on any atom is 0.410 e. The van der Waals surface area contributed by atoms with E-state index in [1.807, 2.05) is 63.8 Å². The maximum absolute atomic E-state index is 12.6. The van der Waals surface area contributed by atoms with Crippen LogP contribution in [0.4, 0.5) is 10.5 Å². The molecule has 2 aromatic rings. The van der Waals surface area contributed by atoms with Crippen LogP contribution >= 0.6 is 0 Å². The third-order valence-electron chi connectivity index (χ3n) is 4.70. The summed E-state index contributed by atoms with van der Waals surface area (Å²) in [7, 11) is 0. The van der Waals surface area contributed by atoms with Crippen molar-refractivity contribution in [1.82, 2.24) is 9.88 Å². The number of benzene rings is 1. The number of carbonyl (C=O) groups excluding carboxylic acids is 1. The Hall–Kier alpha value is -2.81. The van der Waals surface area contributed by atoms with Gasteiger partial charge in [-0.25, -0.2) is 4.79 Å². The van der Waals surface area contributed by atoms with Crippen LogP contribution in [0.1, 0.15) is 40.2 Å². The number of anilines is 1. The minimum Gasteiger partial charge on any atom is -0.444 e. The van der Waals surface area contributed by atoms with E-state index in [1.165, 1.54) is 0 Å². The molecule has 2 unspecified atom stereocenters. The van der Waals surface area contributed by atoms with Crippen LogP contribution in [0.5, 0.6) is 0 Å². The van der Waals surface area contributed by atoms with Crippen molar-refractivity contribution in [3.05, 3.63) is 36.0 Å². The summed E-state index contributed by atoms with van der Waals surface area (Å²) >= 11 is 0. The molecule has 1 aliphatic rings. The zero-order valence-electron chi connectivity index (χ0n) is 16.6. The van der Waals surface area contributed by atoms with Crippen LogP contribution in [0.15, 0.2) is 30.5 Å². The number of hydrogen-bond acceptors (Lipinski definition) is 5. The van der Waals surface area contributed by atoms with Gasteiger partial charge in [0.2, 0.25) is 0 Å². The number of aromatic nitrogens is 1. The highest BCUT2D eigenvalue weighted by Gasteiger charge is 2.36. The molecule has 0 N–H and O–H groups in total. The Morgan fingerprint density at radius 3 is 2.52 bits per heavy atom. The van der Waals surface area contributed by atoms with Gasteiger partial charge in [-0.3, -0.25) is 9.88 Å². The number of piperazine rings is 1. The van der Waals surface area contributed by atoms with Gasteiger partial charge in [0.1, 0.15) is 11.7 Å². The minimum absolute atomic E-state index is 0.00552. The Balaban J connectivity index is 1.88. The van der Waals surface area contributed by atoms with E-state index in [2.05, 4.69) is 16.0 Å². The number of nitriles is 1. The Kier molecular flexibility index (Phi) is 4.97. The number of nitrogens with zero attached hydrogens (tertiary/aromatic N) is 4. The molecular formula is C21H26N4O2. The first-order valence-corrected chi connectivity index (χ1v) is 9.25. The molecule has 1 aromatic carbocycles. The van der Waals surface area contributed by atoms with Crippen molar-refractivity contribution in [1.29, 1.82) is 5.26 Å². The number of fused-ring (bicyclic) bond motifs is 1. The highest BCUT2D eigenvalue weighted by molar-refractivity contribution is 5.92. The van der Waals surface area contributed by atoms with Crippen LogP contribution in [0.2, 0.25) is 0 Å². The number of pyridine rings is 1. The third-order valence-corrected chi connectivity index (χ3v) is 4.70. The Morgan fingerprint density at radius 1 is 1.26 bits per heavy atom. The van der Waals surface area contributed by atoms with Gasteiger partial charge in [-0.2, -0.15) is 5.26 Å². The molecule has 1 saturated heterocycles. The molecule has 0 spiro atoms. The molecule has 2 heterocycles. The van der Waals surface area contributed by atoms with Crippen molar-refractivity contribution in [2.45, 2.75) is 52.3 Å². The molecule has 6 nitrogen and oxygen atoms in total. The topological polar surface area (TPSA) is 69.5 Å². The highest BCUT2D eigenvalue weighted by Crippen LogP contribution is 2.30. The second-order valence-electron chi connectivity index (χ2n) is 8.17. The fourth-order valence-corrected chi connectivity index (χ4v) is 3.66. The van der Waals surface area contributed by atoms with E-state index in [0.717, 1.165) is 16.6 Å². The second-order valence-corrected chi connectivity index (χ2v) is 8.17. The van der Waals surface area contributed by atoms with Crippen molar-refractivity contribution in [2.75, 3.05) is 18.0 Å². The number of hydrogen-bond donors (Lipinski definition) is 0. The quantitative estimate of drug-likeness (QED) is 0.764. The Labute approximate surface area is 160 Å². The molecule has 1 aromatic heterocycles. The van der Waals surface area contributed by atoms with Gasteiger partial charge in [-0.15, -0.1) is 0 Å². The fraction of sp³-hybridized carbons (Fsp3) is 0.476. The molecule has 27 heavy (non-hydrogen) atoms. The van der Waals surface area contributed by atoms with Gasteiger partial charge in [0.05, 0.1) is 23.2 Å². The summed E-state index contributed by atoms with van der Waals surface area (Å²) in [6.07, 6.45) is 1.33. The molecule has 142 valence electrons. The molecule has 0 saturated carbocycles. The first-order valence-electron chi connectivity index (χ1n) is 9.25. The summed E-state index contributed by atoms with van der Waals surface area (Å²) in [5.74, 6) is 0. The first-order chi connectivity index (χ1) is 12.7. The lowest BCUT2D eigenvalue weighted by molar-refractivity contribution is 0.00568. The fourth-order valence-electron chi connectivity index (χ4n) is 3.66. The third kappa shape index (κ3) is 3.97. The van der Waals surface area contributed by atoms with Gasteiger partial charge in [0.15, 0.2) is 0 Å². The van der Waals surface area contributed by atoms with Gasteiger partial charge in [0.25, 0.3) is 0 Å². The normalized spacial score (nSPS) is 20.4. The van der Waals surface area contributed by atoms with Crippen molar-refractivity contribution >= 4 is 22.7 Å². The summed E-state index contributed by atoms with van der Waals surface area (Å²) in [4.78, 5) is 21.1. The van der Waals surface area contributed by atoms with Crippen LogP contribution in [-0.4, -0.2) is 46.8 Å². The Morgan fingerprint density at radius 2 is 1.93 bits per heavy atom. The monoisotopic (exact) mass is 366 g/mol. The van der Waals surface area contributed by atoms with E-state index in [-0.39, 0.29) is 18.2 Å². The smallest absolute Gasteiger partial charge is 0.410 e. The van der Waals surface area contributed by atoms with Gasteiger partial charge < -0.3 is 9.64 Å². The van der Waals surface area contributed by atoms with E-state index >= 15 is 0 Å². The lowest BCUT2D eigenvalue weighted by Gasteiger charge is -2.45. The predicted octanol–water partition coefficient (Wildman–Crippen LogP) is 3.94. The van der Waals surface area contributed by atoms with E-state index in [1.54, 1.807) is 6.20 Å². The lowest BCUT2D eigenvalue weighted by Crippen LogP contribution is -2.59. The van der Waals surface area contributed by atoms with Crippen molar-refractivity contribution < 1.29 is 9.53 Å². The minimum atomic E-state index is -0.511. The molecule has 6 heteroatoms. The Bertz CT molecular complexity index is 885. The first kappa shape index (κ1) is 19.0. The standard InChI is InChI=1S/C21H26N4O2/c1-14-12-24(13-15(2)25(14)20(26)27-21(3,4)5)19-8-6-7-18-17(19)9-16(10-22)11-23-18/h6-9,11,14-15H,12-13H2,1-5H3. The van der Waals surface area contributed by atoms with Crippen LogP contribution in [0.25, 0.3) is 10.9 Å². The van der Waals surface area contributed by atoms with Gasteiger partial charge >= 0.3 is 6.09 Å². The molecular weight excluding hydrogens is 340 g/mol. The van der Waals surface area contributed by atoms with E-state index in [4.69, 9.17) is 4.74 Å². The van der Waals surface area contributed by atoms with E-state index in [0.29, 0.717) is 18.7 Å². The van der Waals surface area contributed by atoms with Crippen molar-refractivity contribution in [2.24, 2.45) is 0 Å². The number of ether oxygens (including phenoxy) is 1. The number of carbonyl (C=O) groups is 1. The maximum atomic E-state index is 12.6. The van der Waals surface area contributed by atoms with Crippen molar-refractivity contribution in [3.8, 4) is 6.07 Å². The molecule has 1 fully saturated rings. The number of rotatable bonds is 1. The van der Waals surface area contributed by atoms with Crippen molar-refractivity contribution in [3.63, 3.8) is 0 Å². The van der Waals surface area contributed by atoms with E-state index < -0.39 is 5.60 Å². The summed E-state index contributed by atoms with van der Waals surface area (Å²) in [5.41, 5.74) is 1.94. The summed E-state index contributed by atoms with van der Waals surface area (Å²) in [6, 6.07) is 10.0. The summed E-state index contributed by atoms with van der Waals surface area (Å²) in [6.45, 7) is 11.1. The molecule has 1 amide bonds. The van der Waals surface area contributed by atoms with Crippen LogP contribution in [0.3, 0.4) is 0 Å². The average Bonchev–Trinajstić information content (AvgIpc) is 2.58. The summed E-state index contributed by atoms with van der Waals surface area (Å²) < 4.78 is 5.58. The molecule has 2 atom stereocenters. The van der Waals surface area contributed by atoms with Crippen LogP contribution in [0, 0.1) is 11.3 Å². The molecule has 1 aliphatic heterocycles. The molecule has 0 radical (unpaired) electrons. The van der Waals surface area contributed by atoms with Gasteiger partial charge in [-0.1, -0.05) is 6.07 Å².